The lowest BCUT2D eigenvalue weighted by Crippen LogP contribution is -2.67. The Morgan fingerprint density at radius 3 is 2.76 bits per heavy atom. The first kappa shape index (κ1) is 25.8. The summed E-state index contributed by atoms with van der Waals surface area (Å²) in [6.07, 6.45) is 6.63. The van der Waals surface area contributed by atoms with Gasteiger partial charge in [0.05, 0.1) is 11.7 Å². The highest BCUT2D eigenvalue weighted by Crippen LogP contribution is 2.50. The summed E-state index contributed by atoms with van der Waals surface area (Å²) in [6.45, 7) is 7.17. The molecule has 2 aliphatic rings. The zero-order chi connectivity index (χ0) is 29.0. The van der Waals surface area contributed by atoms with Crippen molar-refractivity contribution in [3.8, 4) is 11.5 Å². The Kier molecular flexibility index (Phi) is 5.99. The van der Waals surface area contributed by atoms with Crippen LogP contribution in [-0.4, -0.2) is 71.9 Å². The van der Waals surface area contributed by atoms with Crippen molar-refractivity contribution < 1.29 is 9.53 Å². The van der Waals surface area contributed by atoms with E-state index in [2.05, 4.69) is 42.1 Å². The number of anilines is 3. The van der Waals surface area contributed by atoms with E-state index in [0.29, 0.717) is 34.6 Å². The molecule has 42 heavy (non-hydrogen) atoms. The van der Waals surface area contributed by atoms with Crippen molar-refractivity contribution in [2.24, 2.45) is 12.5 Å². The van der Waals surface area contributed by atoms with Crippen LogP contribution in [0, 0.1) is 12.3 Å². The molecule has 2 aromatic carbocycles. The average molecular weight is 563 g/mol. The number of benzene rings is 2. The molecular formula is C30H30N10O2. The molecule has 1 N–H and O–H groups in total. The molecule has 1 spiro atoms. The van der Waals surface area contributed by atoms with Crippen molar-refractivity contribution in [1.29, 1.82) is 0 Å². The first-order chi connectivity index (χ1) is 20.3. The molecule has 2 fully saturated rings. The van der Waals surface area contributed by atoms with Crippen LogP contribution in [0.2, 0.25) is 0 Å². The Bertz CT molecular complexity index is 1850. The molecule has 1 amide bonds. The van der Waals surface area contributed by atoms with Crippen molar-refractivity contribution in [2.75, 3.05) is 30.4 Å². The molecule has 7 rings (SSSR count). The topological polar surface area (TPSA) is 127 Å². The highest BCUT2D eigenvalue weighted by Gasteiger charge is 2.54. The Balaban J connectivity index is 1.06. The first-order valence-corrected chi connectivity index (χ1v) is 13.8. The van der Waals surface area contributed by atoms with Crippen molar-refractivity contribution in [1.82, 2.24) is 39.8 Å². The van der Waals surface area contributed by atoms with Gasteiger partial charge in [-0.2, -0.15) is 0 Å². The van der Waals surface area contributed by atoms with Crippen molar-refractivity contribution in [3.63, 3.8) is 0 Å². The molecule has 4 heterocycles. The molecule has 0 radical (unpaired) electrons. The fourth-order valence-corrected chi connectivity index (χ4v) is 5.98. The normalized spacial score (nSPS) is 15.8. The number of carbonyl (C=O) groups is 1. The van der Waals surface area contributed by atoms with Gasteiger partial charge in [0.15, 0.2) is 5.82 Å². The van der Waals surface area contributed by atoms with Crippen molar-refractivity contribution in [3.05, 3.63) is 67.1 Å². The van der Waals surface area contributed by atoms with E-state index in [9.17, 15) is 4.79 Å². The maximum absolute atomic E-state index is 11.8. The maximum Gasteiger partial charge on any atom is 0.245 e. The Hall–Kier alpha value is -5.13. The maximum atomic E-state index is 11.8. The molecule has 0 unspecified atom stereocenters. The van der Waals surface area contributed by atoms with Gasteiger partial charge in [0.25, 0.3) is 0 Å². The second-order valence-electron chi connectivity index (χ2n) is 11.3. The minimum absolute atomic E-state index is 0.00734. The number of aryl methyl sites for hydroxylation is 2. The second kappa shape index (κ2) is 9.75. The third-order valence-corrected chi connectivity index (χ3v) is 8.35. The van der Waals surface area contributed by atoms with Gasteiger partial charge in [-0.25, -0.2) is 24.6 Å². The number of likely N-dealkylation sites (tertiary alicyclic amines) is 1. The molecule has 212 valence electrons. The summed E-state index contributed by atoms with van der Waals surface area (Å²) < 4.78 is 7.88. The largest absolute Gasteiger partial charge is 0.457 e. The smallest absolute Gasteiger partial charge is 0.245 e. The van der Waals surface area contributed by atoms with E-state index in [4.69, 9.17) is 9.72 Å². The number of aromatic nitrogens is 7. The monoisotopic (exact) mass is 562 g/mol. The average Bonchev–Trinajstić information content (AvgIpc) is 3.32. The Labute approximate surface area is 242 Å². The number of hydrogen-bond acceptors (Lipinski definition) is 10. The van der Waals surface area contributed by atoms with Crippen LogP contribution < -0.4 is 15.0 Å². The fourth-order valence-electron chi connectivity index (χ4n) is 5.98. The van der Waals surface area contributed by atoms with Gasteiger partial charge >= 0.3 is 0 Å². The molecule has 1 saturated carbocycles. The van der Waals surface area contributed by atoms with Gasteiger partial charge in [-0.3, -0.25) is 4.79 Å². The van der Waals surface area contributed by atoms with E-state index in [1.807, 2.05) is 62.3 Å². The standard InChI is InChI=1S/C30H30N10O2/c1-5-26(41)40-15-30(16-40)12-20(13-30)38(3)29-31-14-23-27(35-29)28(33-17-32-23)34-19-6-9-25(18(2)10-19)42-21-7-8-24-22(11-21)36-37-39(24)4/h5-11,14,17,20H,1,12-13,15-16H2,2-4H3,(H,32,33,34). The van der Waals surface area contributed by atoms with Gasteiger partial charge < -0.3 is 19.9 Å². The predicted octanol–water partition coefficient (Wildman–Crippen LogP) is 4.16. The van der Waals surface area contributed by atoms with Crippen LogP contribution in [0.1, 0.15) is 18.4 Å². The van der Waals surface area contributed by atoms with Crippen molar-refractivity contribution >= 4 is 45.4 Å². The third kappa shape index (κ3) is 4.44. The minimum atomic E-state index is 0.00734. The van der Waals surface area contributed by atoms with Gasteiger partial charge in [-0.1, -0.05) is 11.8 Å². The number of amides is 1. The Morgan fingerprint density at radius 1 is 1.14 bits per heavy atom. The quantitative estimate of drug-likeness (QED) is 0.289. The van der Waals surface area contributed by atoms with Crippen LogP contribution >= 0.6 is 0 Å². The van der Waals surface area contributed by atoms with Crippen LogP contribution in [0.3, 0.4) is 0 Å². The third-order valence-electron chi connectivity index (χ3n) is 8.35. The summed E-state index contributed by atoms with van der Waals surface area (Å²) in [5, 5.41) is 11.6. The molecular weight excluding hydrogens is 532 g/mol. The lowest BCUT2D eigenvalue weighted by atomic mass is 9.60. The number of fused-ring (bicyclic) bond motifs is 2. The summed E-state index contributed by atoms with van der Waals surface area (Å²) in [5.74, 6) is 2.66. The van der Waals surface area contributed by atoms with Gasteiger partial charge in [-0.05, 0) is 61.7 Å². The van der Waals surface area contributed by atoms with Gasteiger partial charge in [0.2, 0.25) is 11.9 Å². The van der Waals surface area contributed by atoms with Crippen LogP contribution in [0.5, 0.6) is 11.5 Å². The fraction of sp³-hybridized carbons (Fsp3) is 0.300. The van der Waals surface area contributed by atoms with Gasteiger partial charge in [0, 0.05) is 50.4 Å². The highest BCUT2D eigenvalue weighted by molar-refractivity contribution is 5.88. The number of nitrogens with one attached hydrogen (secondary N) is 1. The van der Waals surface area contributed by atoms with Crippen LogP contribution in [0.15, 0.2) is 61.6 Å². The summed E-state index contributed by atoms with van der Waals surface area (Å²) >= 11 is 0. The minimum Gasteiger partial charge on any atom is -0.457 e. The molecule has 1 saturated heterocycles. The van der Waals surface area contributed by atoms with Crippen molar-refractivity contribution in [2.45, 2.75) is 25.8 Å². The lowest BCUT2D eigenvalue weighted by Gasteiger charge is -2.60. The molecule has 1 aliphatic heterocycles. The van der Waals surface area contributed by atoms with E-state index in [-0.39, 0.29) is 11.3 Å². The molecule has 1 aliphatic carbocycles. The summed E-state index contributed by atoms with van der Waals surface area (Å²) in [7, 11) is 3.88. The number of carbonyl (C=O) groups excluding carboxylic acids is 1. The van der Waals surface area contributed by atoms with Gasteiger partial charge in [-0.15, -0.1) is 5.10 Å². The van der Waals surface area contributed by atoms with Crippen LogP contribution in [0.4, 0.5) is 17.5 Å². The predicted molar refractivity (Wildman–Crippen MR) is 159 cm³/mol. The molecule has 3 aromatic heterocycles. The molecule has 0 bridgehead atoms. The van der Waals surface area contributed by atoms with Crippen LogP contribution in [0.25, 0.3) is 22.1 Å². The zero-order valence-corrected chi connectivity index (χ0v) is 23.7. The Morgan fingerprint density at radius 2 is 1.98 bits per heavy atom. The summed E-state index contributed by atoms with van der Waals surface area (Å²) in [5.41, 5.74) is 5.03. The lowest BCUT2D eigenvalue weighted by molar-refractivity contribution is -0.145. The SMILES string of the molecule is C=CC(=O)N1CC2(CC(N(C)c3ncc4ncnc(Nc5ccc(Oc6ccc7c(c6)nnn7C)c(C)c5)c4n3)C2)C1. The van der Waals surface area contributed by atoms with E-state index < -0.39 is 0 Å². The van der Waals surface area contributed by atoms with E-state index >= 15 is 0 Å². The molecule has 12 heteroatoms. The second-order valence-corrected chi connectivity index (χ2v) is 11.3. The zero-order valence-electron chi connectivity index (χ0n) is 23.7. The van der Waals surface area contributed by atoms with E-state index in [0.717, 1.165) is 54.0 Å². The van der Waals surface area contributed by atoms with Crippen LogP contribution in [-0.2, 0) is 11.8 Å². The molecule has 12 nitrogen and oxygen atoms in total. The number of rotatable bonds is 7. The van der Waals surface area contributed by atoms with E-state index in [1.165, 1.54) is 12.4 Å². The molecule has 0 atom stereocenters. The highest BCUT2D eigenvalue weighted by atomic mass is 16.5. The van der Waals surface area contributed by atoms with E-state index in [1.54, 1.807) is 10.9 Å². The summed E-state index contributed by atoms with van der Waals surface area (Å²) in [6, 6.07) is 11.9. The summed E-state index contributed by atoms with van der Waals surface area (Å²) in [4.78, 5) is 34.1. The number of ether oxygens (including phenoxy) is 1. The molecule has 5 aromatic rings. The van der Waals surface area contributed by atoms with Gasteiger partial charge in [0.1, 0.15) is 34.4 Å². The number of nitrogens with zero attached hydrogens (tertiary/aromatic N) is 9. The number of hydrogen-bond donors (Lipinski definition) is 1. The first-order valence-electron chi connectivity index (χ1n) is 13.8.